The fourth-order valence-electron chi connectivity index (χ4n) is 1.96. The maximum absolute atomic E-state index is 13.6. The van der Waals surface area contributed by atoms with Gasteiger partial charge in [-0.2, -0.15) is 0 Å². The molecule has 21 heavy (non-hydrogen) atoms. The number of rotatable bonds is 4. The van der Waals surface area contributed by atoms with Gasteiger partial charge in [0.2, 0.25) is 0 Å². The number of halogens is 2. The summed E-state index contributed by atoms with van der Waals surface area (Å²) >= 11 is 0. The average Bonchev–Trinajstić information content (AvgIpc) is 2.47. The first-order chi connectivity index (χ1) is 9.74. The van der Waals surface area contributed by atoms with Crippen molar-refractivity contribution in [3.05, 3.63) is 41.7 Å². The molecule has 0 saturated carbocycles. The highest BCUT2D eigenvalue weighted by molar-refractivity contribution is 14.0. The third-order valence-corrected chi connectivity index (χ3v) is 2.84. The summed E-state index contributed by atoms with van der Waals surface area (Å²) in [6.45, 7) is 5.20. The molecule has 0 fully saturated rings. The average molecular weight is 407 g/mol. The first-order valence-corrected chi connectivity index (χ1v) is 6.32. The van der Waals surface area contributed by atoms with Crippen LogP contribution in [0.2, 0.25) is 0 Å². The van der Waals surface area contributed by atoms with Gasteiger partial charge in [0.1, 0.15) is 11.6 Å². The molecule has 0 unspecified atom stereocenters. The molecular weight excluding hydrogens is 388 g/mol. The van der Waals surface area contributed by atoms with Crippen molar-refractivity contribution in [1.82, 2.24) is 10.6 Å². The van der Waals surface area contributed by atoms with E-state index in [1.165, 1.54) is 12.1 Å². The van der Waals surface area contributed by atoms with Gasteiger partial charge in [0.15, 0.2) is 12.8 Å². The van der Waals surface area contributed by atoms with Crippen LogP contribution in [-0.2, 0) is 17.9 Å². The second kappa shape index (κ2) is 8.83. The van der Waals surface area contributed by atoms with Crippen LogP contribution in [0.25, 0.3) is 0 Å². The van der Waals surface area contributed by atoms with Crippen molar-refractivity contribution in [1.29, 1.82) is 0 Å². The highest BCUT2D eigenvalue weighted by atomic mass is 127. The van der Waals surface area contributed by atoms with Crippen LogP contribution >= 0.6 is 24.0 Å². The van der Waals surface area contributed by atoms with Crippen LogP contribution in [0.1, 0.15) is 11.1 Å². The minimum Gasteiger partial charge on any atom is -0.467 e. The zero-order chi connectivity index (χ0) is 14.4. The van der Waals surface area contributed by atoms with Crippen molar-refractivity contribution in [3.63, 3.8) is 0 Å². The Labute approximate surface area is 140 Å². The number of aliphatic imine (C=N–C) groups is 1. The van der Waals surface area contributed by atoms with E-state index in [1.54, 1.807) is 13.1 Å². The summed E-state index contributed by atoms with van der Waals surface area (Å²) in [5.74, 6) is 1.00. The highest BCUT2D eigenvalue weighted by Gasteiger charge is 2.16. The molecule has 0 amide bonds. The molecule has 0 spiro atoms. The molecule has 0 aromatic heterocycles. The third-order valence-electron chi connectivity index (χ3n) is 2.84. The molecule has 1 aliphatic rings. The summed E-state index contributed by atoms with van der Waals surface area (Å²) in [5.41, 5.74) is 1.46. The lowest BCUT2D eigenvalue weighted by Crippen LogP contribution is -2.37. The molecule has 5 nitrogen and oxygen atoms in total. The van der Waals surface area contributed by atoms with Gasteiger partial charge in [-0.3, -0.25) is 4.99 Å². The van der Waals surface area contributed by atoms with Gasteiger partial charge in [-0.15, -0.1) is 30.6 Å². The number of hydrogen-bond acceptors (Lipinski definition) is 3. The minimum absolute atomic E-state index is 0. The fraction of sp³-hybridized carbons (Fsp3) is 0.357. The maximum atomic E-state index is 13.6. The Balaban J connectivity index is 0.00000220. The van der Waals surface area contributed by atoms with Gasteiger partial charge in [0, 0.05) is 31.3 Å². The molecule has 0 atom stereocenters. The van der Waals surface area contributed by atoms with Crippen LogP contribution in [0.3, 0.4) is 0 Å². The van der Waals surface area contributed by atoms with Gasteiger partial charge in [-0.25, -0.2) is 4.39 Å². The van der Waals surface area contributed by atoms with E-state index in [2.05, 4.69) is 22.2 Å². The van der Waals surface area contributed by atoms with Gasteiger partial charge < -0.3 is 20.1 Å². The molecule has 1 aliphatic heterocycles. The van der Waals surface area contributed by atoms with Crippen LogP contribution in [-0.4, -0.2) is 26.3 Å². The van der Waals surface area contributed by atoms with Crippen LogP contribution < -0.4 is 15.4 Å². The molecule has 0 saturated heterocycles. The van der Waals surface area contributed by atoms with Crippen molar-refractivity contribution in [2.24, 2.45) is 4.99 Å². The van der Waals surface area contributed by atoms with Crippen LogP contribution in [0.5, 0.6) is 5.75 Å². The van der Waals surface area contributed by atoms with Crippen LogP contribution in [0.4, 0.5) is 4.39 Å². The molecule has 0 radical (unpaired) electrons. The van der Waals surface area contributed by atoms with E-state index in [-0.39, 0.29) is 36.6 Å². The molecule has 2 rings (SSSR count). The van der Waals surface area contributed by atoms with E-state index in [9.17, 15) is 4.39 Å². The van der Waals surface area contributed by atoms with Crippen molar-refractivity contribution < 1.29 is 13.9 Å². The van der Waals surface area contributed by atoms with E-state index in [1.807, 2.05) is 0 Å². The molecule has 0 aliphatic carbocycles. The van der Waals surface area contributed by atoms with E-state index in [0.717, 1.165) is 11.1 Å². The Bertz CT molecular complexity index is 523. The molecule has 116 valence electrons. The van der Waals surface area contributed by atoms with Crippen LogP contribution in [0.15, 0.2) is 29.8 Å². The first-order valence-electron chi connectivity index (χ1n) is 6.32. The van der Waals surface area contributed by atoms with E-state index in [0.29, 0.717) is 31.4 Å². The van der Waals surface area contributed by atoms with Crippen LogP contribution in [0, 0.1) is 5.82 Å². The quantitative estimate of drug-likeness (QED) is 0.348. The number of guanidine groups is 1. The summed E-state index contributed by atoms with van der Waals surface area (Å²) in [6, 6.07) is 2.89. The van der Waals surface area contributed by atoms with E-state index < -0.39 is 0 Å². The lowest BCUT2D eigenvalue weighted by Gasteiger charge is -2.21. The smallest absolute Gasteiger partial charge is 0.191 e. The minimum atomic E-state index is -0.302. The van der Waals surface area contributed by atoms with Crippen molar-refractivity contribution in [2.75, 3.05) is 20.4 Å². The van der Waals surface area contributed by atoms with Gasteiger partial charge in [-0.05, 0) is 12.1 Å². The Hall–Kier alpha value is -1.35. The molecule has 2 N–H and O–H groups in total. The third kappa shape index (κ3) is 4.85. The number of ether oxygens (including phenoxy) is 2. The Kier molecular flexibility index (Phi) is 7.44. The standard InChI is InChI=1S/C14H18FN3O2.HI/c1-3-4-17-14(16-2)18-7-10-5-12(15)6-11-8-19-9-20-13(10)11;/h3,5-6H,1,4,7-9H2,2H3,(H2,16,17,18);1H. The second-order valence-corrected chi connectivity index (χ2v) is 4.26. The molecular formula is C14H19FIN3O2. The lowest BCUT2D eigenvalue weighted by molar-refractivity contribution is -0.0172. The van der Waals surface area contributed by atoms with Gasteiger partial charge in [-0.1, -0.05) is 6.08 Å². The number of nitrogens with zero attached hydrogens (tertiary/aromatic N) is 1. The molecule has 1 aromatic carbocycles. The number of hydrogen-bond donors (Lipinski definition) is 2. The fourth-order valence-corrected chi connectivity index (χ4v) is 1.96. The highest BCUT2D eigenvalue weighted by Crippen LogP contribution is 2.29. The predicted molar refractivity (Wildman–Crippen MR) is 90.5 cm³/mol. The number of nitrogens with one attached hydrogen (secondary N) is 2. The summed E-state index contributed by atoms with van der Waals surface area (Å²) in [6.07, 6.45) is 1.73. The zero-order valence-corrected chi connectivity index (χ0v) is 14.1. The Morgan fingerprint density at radius 2 is 2.29 bits per heavy atom. The lowest BCUT2D eigenvalue weighted by atomic mass is 10.1. The summed E-state index contributed by atoms with van der Waals surface area (Å²) in [5, 5.41) is 6.15. The Morgan fingerprint density at radius 3 is 3.00 bits per heavy atom. The number of benzene rings is 1. The van der Waals surface area contributed by atoms with E-state index in [4.69, 9.17) is 9.47 Å². The monoisotopic (exact) mass is 407 g/mol. The first kappa shape index (κ1) is 17.7. The topological polar surface area (TPSA) is 54.9 Å². The largest absolute Gasteiger partial charge is 0.467 e. The van der Waals surface area contributed by atoms with Gasteiger partial charge in [0.25, 0.3) is 0 Å². The van der Waals surface area contributed by atoms with Crippen molar-refractivity contribution >= 4 is 29.9 Å². The van der Waals surface area contributed by atoms with E-state index >= 15 is 0 Å². The normalized spacial score (nSPS) is 13.5. The van der Waals surface area contributed by atoms with Gasteiger partial charge >= 0.3 is 0 Å². The molecule has 0 bridgehead atoms. The summed E-state index contributed by atoms with van der Waals surface area (Å²) < 4.78 is 24.2. The zero-order valence-electron chi connectivity index (χ0n) is 11.8. The van der Waals surface area contributed by atoms with Crippen molar-refractivity contribution in [2.45, 2.75) is 13.2 Å². The predicted octanol–water partition coefficient (Wildman–Crippen LogP) is 2.16. The summed E-state index contributed by atoms with van der Waals surface area (Å²) in [7, 11) is 1.67. The molecule has 7 heteroatoms. The summed E-state index contributed by atoms with van der Waals surface area (Å²) in [4.78, 5) is 4.06. The molecule has 1 heterocycles. The van der Waals surface area contributed by atoms with Crippen molar-refractivity contribution in [3.8, 4) is 5.75 Å². The second-order valence-electron chi connectivity index (χ2n) is 4.26. The SMILES string of the molecule is C=CCNC(=NC)NCc1cc(F)cc2c1OCOC2.I. The maximum Gasteiger partial charge on any atom is 0.191 e. The molecule has 1 aromatic rings. The number of fused-ring (bicyclic) bond motifs is 1. The Morgan fingerprint density at radius 1 is 1.48 bits per heavy atom. The van der Waals surface area contributed by atoms with Gasteiger partial charge in [0.05, 0.1) is 6.61 Å².